The topological polar surface area (TPSA) is 88.8 Å². The monoisotopic (exact) mass is 392 g/mol. The Bertz CT molecular complexity index is 915. The zero-order valence-electron chi connectivity index (χ0n) is 16.2. The summed E-state index contributed by atoms with van der Waals surface area (Å²) in [5.74, 6) is 0.669. The summed E-state index contributed by atoms with van der Waals surface area (Å²) in [5.41, 5.74) is 3.56. The van der Waals surface area contributed by atoms with E-state index in [-0.39, 0.29) is 12.5 Å². The summed E-state index contributed by atoms with van der Waals surface area (Å²) in [4.78, 5) is 16.0. The number of aliphatic hydroxyl groups excluding tert-OH is 1. The number of ether oxygens (including phenoxy) is 1. The first-order valence-corrected chi connectivity index (χ1v) is 9.82. The highest BCUT2D eigenvalue weighted by atomic mass is 16.5. The second-order valence-corrected chi connectivity index (χ2v) is 7.46. The lowest BCUT2D eigenvalue weighted by atomic mass is 10.1. The Kier molecular flexibility index (Phi) is 5.65. The van der Waals surface area contributed by atoms with Crippen molar-refractivity contribution in [2.75, 3.05) is 49.5 Å². The third kappa shape index (κ3) is 4.67. The second-order valence-electron chi connectivity index (χ2n) is 7.46. The van der Waals surface area contributed by atoms with Crippen LogP contribution in [0.3, 0.4) is 0 Å². The van der Waals surface area contributed by atoms with Gasteiger partial charge in [-0.1, -0.05) is 0 Å². The van der Waals surface area contributed by atoms with E-state index in [4.69, 9.17) is 10.00 Å². The number of hydrogen-bond donors (Lipinski definition) is 2. The summed E-state index contributed by atoms with van der Waals surface area (Å²) in [6.07, 6.45) is -0.206. The fourth-order valence-electron chi connectivity index (χ4n) is 3.77. The van der Waals surface area contributed by atoms with Gasteiger partial charge in [0, 0.05) is 44.1 Å². The lowest BCUT2D eigenvalue weighted by Gasteiger charge is -2.36. The number of aliphatic hydroxyl groups is 1. The number of nitrogens with one attached hydrogen (secondary N) is 1. The van der Waals surface area contributed by atoms with E-state index in [0.29, 0.717) is 24.3 Å². The molecule has 0 bridgehead atoms. The van der Waals surface area contributed by atoms with Gasteiger partial charge in [0.1, 0.15) is 18.5 Å². The molecule has 2 aromatic rings. The van der Waals surface area contributed by atoms with Gasteiger partial charge >= 0.3 is 0 Å². The summed E-state index contributed by atoms with van der Waals surface area (Å²) in [6, 6.07) is 15.3. The first-order valence-electron chi connectivity index (χ1n) is 9.82. The van der Waals surface area contributed by atoms with E-state index < -0.39 is 6.10 Å². The van der Waals surface area contributed by atoms with Crippen molar-refractivity contribution in [3.05, 3.63) is 53.6 Å². The van der Waals surface area contributed by atoms with Gasteiger partial charge in [0.2, 0.25) is 5.91 Å². The van der Waals surface area contributed by atoms with Gasteiger partial charge in [0.25, 0.3) is 0 Å². The van der Waals surface area contributed by atoms with E-state index in [1.54, 1.807) is 0 Å². The van der Waals surface area contributed by atoms with Gasteiger partial charge < -0.3 is 20.1 Å². The number of benzene rings is 2. The van der Waals surface area contributed by atoms with Crippen molar-refractivity contribution in [1.82, 2.24) is 4.90 Å². The molecule has 1 saturated heterocycles. The van der Waals surface area contributed by atoms with Crippen molar-refractivity contribution in [3.63, 3.8) is 0 Å². The van der Waals surface area contributed by atoms with Gasteiger partial charge in [0.15, 0.2) is 0 Å². The lowest BCUT2D eigenvalue weighted by molar-refractivity contribution is -0.115. The normalized spacial score (nSPS) is 17.4. The third-order valence-electron chi connectivity index (χ3n) is 5.35. The van der Waals surface area contributed by atoms with Gasteiger partial charge in [-0.25, -0.2) is 0 Å². The third-order valence-corrected chi connectivity index (χ3v) is 5.35. The maximum atomic E-state index is 11.4. The summed E-state index contributed by atoms with van der Waals surface area (Å²) >= 11 is 0. The molecule has 0 unspecified atom stereocenters. The number of nitriles is 1. The molecular weight excluding hydrogens is 368 g/mol. The van der Waals surface area contributed by atoms with Gasteiger partial charge in [-0.15, -0.1) is 0 Å². The Morgan fingerprint density at radius 3 is 2.62 bits per heavy atom. The summed E-state index contributed by atoms with van der Waals surface area (Å²) in [6.45, 7) is 4.27. The summed E-state index contributed by atoms with van der Waals surface area (Å²) in [5, 5.41) is 22.1. The molecule has 0 aliphatic carbocycles. The molecular formula is C22H24N4O3. The van der Waals surface area contributed by atoms with Crippen LogP contribution in [0.15, 0.2) is 42.5 Å². The Hall–Kier alpha value is -3.08. The first-order chi connectivity index (χ1) is 14.1. The number of hydrogen-bond acceptors (Lipinski definition) is 6. The predicted molar refractivity (Wildman–Crippen MR) is 110 cm³/mol. The van der Waals surface area contributed by atoms with E-state index in [1.807, 2.05) is 42.5 Å². The largest absolute Gasteiger partial charge is 0.491 e. The molecule has 29 heavy (non-hydrogen) atoms. The number of carbonyl (C=O) groups is 1. The van der Waals surface area contributed by atoms with Crippen LogP contribution in [-0.4, -0.2) is 61.3 Å². The van der Waals surface area contributed by atoms with Crippen LogP contribution >= 0.6 is 0 Å². The maximum absolute atomic E-state index is 11.4. The van der Waals surface area contributed by atoms with E-state index in [9.17, 15) is 9.90 Å². The van der Waals surface area contributed by atoms with Crippen LogP contribution in [-0.2, 0) is 11.2 Å². The minimum atomic E-state index is -0.579. The van der Waals surface area contributed by atoms with Crippen LogP contribution < -0.4 is 15.0 Å². The molecule has 2 heterocycles. The number of rotatable bonds is 6. The minimum Gasteiger partial charge on any atom is -0.491 e. The molecule has 1 amide bonds. The minimum absolute atomic E-state index is 0.00247. The van der Waals surface area contributed by atoms with E-state index in [0.717, 1.165) is 43.1 Å². The van der Waals surface area contributed by atoms with Crippen LogP contribution in [0.25, 0.3) is 0 Å². The van der Waals surface area contributed by atoms with Crippen molar-refractivity contribution < 1.29 is 14.6 Å². The van der Waals surface area contributed by atoms with Crippen molar-refractivity contribution >= 4 is 17.3 Å². The van der Waals surface area contributed by atoms with Crippen molar-refractivity contribution in [2.24, 2.45) is 0 Å². The van der Waals surface area contributed by atoms with Gasteiger partial charge in [-0.05, 0) is 48.0 Å². The van der Waals surface area contributed by atoms with Gasteiger partial charge in [-0.3, -0.25) is 9.69 Å². The van der Waals surface area contributed by atoms with Crippen LogP contribution in [0.2, 0.25) is 0 Å². The van der Waals surface area contributed by atoms with Gasteiger partial charge in [0.05, 0.1) is 18.1 Å². The van der Waals surface area contributed by atoms with Crippen molar-refractivity contribution in [1.29, 1.82) is 5.26 Å². The zero-order valence-corrected chi connectivity index (χ0v) is 16.2. The van der Waals surface area contributed by atoms with Gasteiger partial charge in [-0.2, -0.15) is 5.26 Å². The molecule has 2 aromatic carbocycles. The van der Waals surface area contributed by atoms with Crippen LogP contribution in [0.5, 0.6) is 5.75 Å². The van der Waals surface area contributed by atoms with Crippen LogP contribution in [0.4, 0.5) is 11.4 Å². The molecule has 150 valence electrons. The smallest absolute Gasteiger partial charge is 0.228 e. The second kappa shape index (κ2) is 8.52. The van der Waals surface area contributed by atoms with E-state index >= 15 is 0 Å². The van der Waals surface area contributed by atoms with Crippen molar-refractivity contribution in [2.45, 2.75) is 12.5 Å². The fraction of sp³-hybridized carbons (Fsp3) is 0.364. The number of fused-ring (bicyclic) bond motifs is 1. The molecule has 0 saturated carbocycles. The molecule has 2 aliphatic heterocycles. The molecule has 0 aromatic heterocycles. The predicted octanol–water partition coefficient (Wildman–Crippen LogP) is 1.61. The van der Waals surface area contributed by atoms with E-state index in [2.05, 4.69) is 21.2 Å². The molecule has 7 nitrogen and oxygen atoms in total. The average Bonchev–Trinajstić information content (AvgIpc) is 3.12. The quantitative estimate of drug-likeness (QED) is 0.777. The average molecular weight is 392 g/mol. The molecule has 2 N–H and O–H groups in total. The number of carbonyl (C=O) groups excluding carboxylic acids is 1. The Labute approximate surface area is 170 Å². The molecule has 0 radical (unpaired) electrons. The Morgan fingerprint density at radius 1 is 1.14 bits per heavy atom. The fourth-order valence-corrected chi connectivity index (χ4v) is 3.77. The first kappa shape index (κ1) is 19.2. The van der Waals surface area contributed by atoms with E-state index in [1.165, 1.54) is 0 Å². The van der Waals surface area contributed by atoms with Crippen LogP contribution in [0, 0.1) is 11.3 Å². The highest BCUT2D eigenvalue weighted by Crippen LogP contribution is 2.27. The summed E-state index contributed by atoms with van der Waals surface area (Å²) in [7, 11) is 0. The number of nitrogens with zero attached hydrogens (tertiary/aromatic N) is 3. The molecule has 1 atom stereocenters. The molecule has 4 rings (SSSR count). The molecule has 7 heteroatoms. The highest BCUT2D eigenvalue weighted by Gasteiger charge is 2.21. The number of β-amino-alcohol motifs (C(OH)–C–C–N with tert-alkyl or cyclic N) is 1. The number of amides is 1. The number of piperazine rings is 1. The molecule has 1 fully saturated rings. The standard InChI is InChI=1S/C22H24N4O3/c23-13-16-1-3-18(4-2-16)26-9-7-25(8-10-26)14-19(27)15-29-20-5-6-21-17(11-20)12-22(28)24-21/h1-6,11,19,27H,7-10,12,14-15H2,(H,24,28)/t19-/m0/s1. The Balaban J connectivity index is 1.22. The van der Waals surface area contributed by atoms with Crippen molar-refractivity contribution in [3.8, 4) is 11.8 Å². The highest BCUT2D eigenvalue weighted by molar-refractivity contribution is 5.99. The molecule has 2 aliphatic rings. The Morgan fingerprint density at radius 2 is 1.90 bits per heavy atom. The van der Waals surface area contributed by atoms with Crippen LogP contribution in [0.1, 0.15) is 11.1 Å². The molecule has 0 spiro atoms. The zero-order chi connectivity index (χ0) is 20.2. The summed E-state index contributed by atoms with van der Waals surface area (Å²) < 4.78 is 5.73. The number of anilines is 2. The maximum Gasteiger partial charge on any atom is 0.228 e. The SMILES string of the molecule is N#Cc1ccc(N2CCN(C[C@H](O)COc3ccc4c(c3)CC(=O)N4)CC2)cc1. The lowest BCUT2D eigenvalue weighted by Crippen LogP contribution is -2.49.